The minimum atomic E-state index is -4.22. The first-order valence-electron chi connectivity index (χ1n) is 8.22. The van der Waals surface area contributed by atoms with E-state index in [9.17, 15) is 23.3 Å². The van der Waals surface area contributed by atoms with Crippen LogP contribution in [0, 0.1) is 10.1 Å². The Morgan fingerprint density at radius 3 is 2.31 bits per heavy atom. The molecule has 0 bridgehead atoms. The van der Waals surface area contributed by atoms with Gasteiger partial charge in [-0.05, 0) is 12.5 Å². The van der Waals surface area contributed by atoms with E-state index in [1.165, 1.54) is 24.0 Å². The van der Waals surface area contributed by atoms with Crippen molar-refractivity contribution in [3.63, 3.8) is 0 Å². The van der Waals surface area contributed by atoms with Crippen molar-refractivity contribution in [1.29, 1.82) is 0 Å². The summed E-state index contributed by atoms with van der Waals surface area (Å²) in [4.78, 5) is 17.7. The first kappa shape index (κ1) is 20.0. The Kier molecular flexibility index (Phi) is 6.41. The Balaban J connectivity index is 1.87. The molecule has 2 rings (SSSR count). The number of nitro benzene ring substituents is 1. The maximum Gasteiger partial charge on any atom is 0.403 e. The summed E-state index contributed by atoms with van der Waals surface area (Å²) in [7, 11) is 1.61. The maximum atomic E-state index is 12.8. The fourth-order valence-corrected chi connectivity index (χ4v) is 2.78. The standard InChI is InChI=1S/C16H22F3N5O2/c1-12(16(17,18)19)22-7-9-23(10-8-22)15(20-2)21-11-13-3-5-14(6-4-13)24(25)26/h3-6,12H,7-11H2,1-2H3,(H,20,21). The van der Waals surface area contributed by atoms with Gasteiger partial charge in [0.25, 0.3) is 5.69 Å². The summed E-state index contributed by atoms with van der Waals surface area (Å²) >= 11 is 0. The number of hydrogen-bond donors (Lipinski definition) is 1. The molecule has 1 aromatic rings. The number of hydrogen-bond acceptors (Lipinski definition) is 4. The minimum absolute atomic E-state index is 0.0213. The molecule has 7 nitrogen and oxygen atoms in total. The number of aliphatic imine (C=N–C) groups is 1. The van der Waals surface area contributed by atoms with E-state index in [4.69, 9.17) is 0 Å². The van der Waals surface area contributed by atoms with Crippen molar-refractivity contribution in [2.24, 2.45) is 4.99 Å². The molecule has 1 atom stereocenters. The molecule has 0 aliphatic carbocycles. The number of halogens is 3. The molecule has 1 N–H and O–H groups in total. The van der Waals surface area contributed by atoms with Gasteiger partial charge in [-0.2, -0.15) is 13.2 Å². The number of nitro groups is 1. The van der Waals surface area contributed by atoms with Crippen LogP contribution in [0.2, 0.25) is 0 Å². The number of alkyl halides is 3. The second-order valence-corrected chi connectivity index (χ2v) is 6.06. The van der Waals surface area contributed by atoms with Gasteiger partial charge in [0.2, 0.25) is 0 Å². The van der Waals surface area contributed by atoms with Crippen molar-refractivity contribution in [2.75, 3.05) is 33.2 Å². The van der Waals surface area contributed by atoms with Crippen LogP contribution in [0.1, 0.15) is 12.5 Å². The third kappa shape index (κ3) is 5.07. The van der Waals surface area contributed by atoms with Crippen LogP contribution < -0.4 is 5.32 Å². The molecule has 0 aromatic heterocycles. The molecule has 1 aliphatic rings. The van der Waals surface area contributed by atoms with E-state index in [1.54, 1.807) is 19.2 Å². The SMILES string of the molecule is CN=C(NCc1ccc([N+](=O)[O-])cc1)N1CCN(C(C)C(F)(F)F)CC1. The number of nitrogens with one attached hydrogen (secondary N) is 1. The molecule has 10 heteroatoms. The van der Waals surface area contributed by atoms with Crippen LogP contribution in [0.3, 0.4) is 0 Å². The Labute approximate surface area is 149 Å². The third-order valence-electron chi connectivity index (χ3n) is 4.44. The van der Waals surface area contributed by atoms with Crippen LogP contribution in [-0.2, 0) is 6.54 Å². The maximum absolute atomic E-state index is 12.8. The van der Waals surface area contributed by atoms with E-state index < -0.39 is 17.1 Å². The Hall–Kier alpha value is -2.36. The number of non-ortho nitro benzene ring substituents is 1. The molecule has 0 radical (unpaired) electrons. The summed E-state index contributed by atoms with van der Waals surface area (Å²) in [6.07, 6.45) is -4.22. The molecule has 0 amide bonds. The highest BCUT2D eigenvalue weighted by atomic mass is 19.4. The molecule has 0 spiro atoms. The molecule has 1 heterocycles. The second-order valence-electron chi connectivity index (χ2n) is 6.06. The molecule has 1 aliphatic heterocycles. The van der Waals surface area contributed by atoms with Gasteiger partial charge < -0.3 is 10.2 Å². The van der Waals surface area contributed by atoms with Gasteiger partial charge in [-0.1, -0.05) is 12.1 Å². The van der Waals surface area contributed by atoms with Crippen molar-refractivity contribution in [3.05, 3.63) is 39.9 Å². The van der Waals surface area contributed by atoms with Crippen LogP contribution in [-0.4, -0.2) is 66.1 Å². The summed E-state index contributed by atoms with van der Waals surface area (Å²) in [6.45, 7) is 3.10. The van der Waals surface area contributed by atoms with Crippen LogP contribution in [0.15, 0.2) is 29.3 Å². The van der Waals surface area contributed by atoms with Crippen LogP contribution in [0.4, 0.5) is 18.9 Å². The van der Waals surface area contributed by atoms with Crippen LogP contribution in [0.25, 0.3) is 0 Å². The van der Waals surface area contributed by atoms with Crippen molar-refractivity contribution >= 4 is 11.6 Å². The first-order valence-corrected chi connectivity index (χ1v) is 8.22. The third-order valence-corrected chi connectivity index (χ3v) is 4.44. The topological polar surface area (TPSA) is 74.0 Å². The van der Waals surface area contributed by atoms with Gasteiger partial charge in [0.05, 0.1) is 4.92 Å². The lowest BCUT2D eigenvalue weighted by atomic mass is 10.2. The van der Waals surface area contributed by atoms with E-state index in [2.05, 4.69) is 10.3 Å². The Morgan fingerprint density at radius 1 is 1.27 bits per heavy atom. The summed E-state index contributed by atoms with van der Waals surface area (Å²) < 4.78 is 38.4. The molecule has 1 fully saturated rings. The summed E-state index contributed by atoms with van der Waals surface area (Å²) in [6, 6.07) is 4.70. The van der Waals surface area contributed by atoms with Crippen molar-refractivity contribution < 1.29 is 18.1 Å². The molecular formula is C16H22F3N5O2. The number of nitrogens with zero attached hydrogens (tertiary/aromatic N) is 4. The average molecular weight is 373 g/mol. The van der Waals surface area contributed by atoms with E-state index in [0.29, 0.717) is 38.7 Å². The second kappa shape index (κ2) is 8.35. The zero-order valence-corrected chi connectivity index (χ0v) is 14.7. The van der Waals surface area contributed by atoms with Crippen LogP contribution in [0.5, 0.6) is 0 Å². The fraction of sp³-hybridized carbons (Fsp3) is 0.562. The first-order chi connectivity index (χ1) is 12.2. The largest absolute Gasteiger partial charge is 0.403 e. The van der Waals surface area contributed by atoms with Gasteiger partial charge in [-0.15, -0.1) is 0 Å². The van der Waals surface area contributed by atoms with Crippen molar-refractivity contribution in [1.82, 2.24) is 15.1 Å². The zero-order chi connectivity index (χ0) is 19.3. The van der Waals surface area contributed by atoms with E-state index >= 15 is 0 Å². The monoisotopic (exact) mass is 373 g/mol. The highest BCUT2D eigenvalue weighted by molar-refractivity contribution is 5.80. The highest BCUT2D eigenvalue weighted by Crippen LogP contribution is 2.25. The van der Waals surface area contributed by atoms with E-state index in [1.807, 2.05) is 4.90 Å². The average Bonchev–Trinajstić information content (AvgIpc) is 2.61. The number of guanidine groups is 1. The minimum Gasteiger partial charge on any atom is -0.352 e. The van der Waals surface area contributed by atoms with E-state index in [-0.39, 0.29) is 5.69 Å². The smallest absolute Gasteiger partial charge is 0.352 e. The molecule has 1 aromatic carbocycles. The lowest BCUT2D eigenvalue weighted by Crippen LogP contribution is -2.56. The Morgan fingerprint density at radius 2 is 1.85 bits per heavy atom. The predicted molar refractivity (Wildman–Crippen MR) is 92.0 cm³/mol. The molecular weight excluding hydrogens is 351 g/mol. The molecule has 26 heavy (non-hydrogen) atoms. The van der Waals surface area contributed by atoms with Gasteiger partial charge in [-0.3, -0.25) is 20.0 Å². The summed E-state index contributed by atoms with van der Waals surface area (Å²) in [5.41, 5.74) is 0.870. The van der Waals surface area contributed by atoms with Gasteiger partial charge in [-0.25, -0.2) is 0 Å². The number of rotatable bonds is 4. The quantitative estimate of drug-likeness (QED) is 0.379. The molecule has 144 valence electrons. The van der Waals surface area contributed by atoms with Gasteiger partial charge in [0.15, 0.2) is 5.96 Å². The number of benzene rings is 1. The molecule has 1 saturated heterocycles. The van der Waals surface area contributed by atoms with E-state index in [0.717, 1.165) is 5.56 Å². The summed E-state index contributed by atoms with van der Waals surface area (Å²) in [5, 5.41) is 13.8. The fourth-order valence-electron chi connectivity index (χ4n) is 2.78. The van der Waals surface area contributed by atoms with Gasteiger partial charge in [0, 0.05) is 51.9 Å². The van der Waals surface area contributed by atoms with Gasteiger partial charge >= 0.3 is 6.18 Å². The Bertz CT molecular complexity index is 640. The van der Waals surface area contributed by atoms with Crippen molar-refractivity contribution in [3.8, 4) is 0 Å². The lowest BCUT2D eigenvalue weighted by Gasteiger charge is -2.39. The van der Waals surface area contributed by atoms with Gasteiger partial charge in [0.1, 0.15) is 6.04 Å². The van der Waals surface area contributed by atoms with Crippen LogP contribution >= 0.6 is 0 Å². The number of piperazine rings is 1. The zero-order valence-electron chi connectivity index (χ0n) is 14.7. The lowest BCUT2D eigenvalue weighted by molar-refractivity contribution is -0.384. The predicted octanol–water partition coefficient (Wildman–Crippen LogP) is 2.24. The molecule has 1 unspecified atom stereocenters. The van der Waals surface area contributed by atoms with Crippen molar-refractivity contribution in [2.45, 2.75) is 25.7 Å². The highest BCUT2D eigenvalue weighted by Gasteiger charge is 2.41. The normalized spacial score (nSPS) is 17.9. The molecule has 0 saturated carbocycles. The summed E-state index contributed by atoms with van der Waals surface area (Å²) in [5.74, 6) is 0.600.